The highest BCUT2D eigenvalue weighted by Crippen LogP contribution is 2.18. The van der Waals surface area contributed by atoms with Crippen molar-refractivity contribution in [3.63, 3.8) is 0 Å². The molecule has 0 amide bonds. The maximum absolute atomic E-state index is 9.63. The summed E-state index contributed by atoms with van der Waals surface area (Å²) in [5, 5.41) is 13.1. The van der Waals surface area contributed by atoms with Crippen LogP contribution in [0, 0.1) is 0 Å². The molecule has 0 aliphatic heterocycles. The molecule has 0 fully saturated rings. The molecule has 0 aliphatic rings. The third kappa shape index (κ3) is 6.17. The first-order valence-corrected chi connectivity index (χ1v) is 7.51. The van der Waals surface area contributed by atoms with Crippen molar-refractivity contribution in [1.29, 1.82) is 0 Å². The van der Waals surface area contributed by atoms with Gasteiger partial charge in [-0.05, 0) is 60.0 Å². The predicted octanol–water partition coefficient (Wildman–Crippen LogP) is 2.64. The number of nitrogens with one attached hydrogen (secondary N) is 1. The van der Waals surface area contributed by atoms with Gasteiger partial charge in [0, 0.05) is 17.6 Å². The number of aliphatic hydroxyl groups excluding tert-OH is 1. The van der Waals surface area contributed by atoms with Crippen LogP contribution in [-0.2, 0) is 0 Å². The van der Waals surface area contributed by atoms with Crippen molar-refractivity contribution in [1.82, 2.24) is 10.2 Å². The average molecular weight is 258 g/mol. The van der Waals surface area contributed by atoms with E-state index < -0.39 is 0 Å². The Labute approximate surface area is 114 Å². The first-order chi connectivity index (χ1) is 8.40. The van der Waals surface area contributed by atoms with Gasteiger partial charge in [-0.3, -0.25) is 4.90 Å². The van der Waals surface area contributed by atoms with E-state index in [4.69, 9.17) is 0 Å². The first kappa shape index (κ1) is 17.9. The molecule has 0 aliphatic carbocycles. The zero-order valence-corrected chi connectivity index (χ0v) is 13.3. The monoisotopic (exact) mass is 258 g/mol. The molecular formula is C15H34N2O. The van der Waals surface area contributed by atoms with Gasteiger partial charge >= 0.3 is 0 Å². The molecule has 2 N–H and O–H groups in total. The van der Waals surface area contributed by atoms with Crippen molar-refractivity contribution in [3.8, 4) is 0 Å². The lowest BCUT2D eigenvalue weighted by molar-refractivity contribution is 0.0969. The van der Waals surface area contributed by atoms with E-state index in [0.717, 1.165) is 25.9 Å². The number of aliphatic hydroxyl groups is 1. The molecule has 3 nitrogen and oxygen atoms in total. The van der Waals surface area contributed by atoms with Crippen molar-refractivity contribution < 1.29 is 5.11 Å². The van der Waals surface area contributed by atoms with Crippen molar-refractivity contribution >= 4 is 0 Å². The lowest BCUT2D eigenvalue weighted by Gasteiger charge is -2.38. The molecule has 0 aromatic heterocycles. The smallest absolute Gasteiger partial charge is 0.0611 e. The van der Waals surface area contributed by atoms with Crippen LogP contribution in [0.5, 0.6) is 0 Å². The van der Waals surface area contributed by atoms with Gasteiger partial charge in [-0.25, -0.2) is 0 Å². The Balaban J connectivity index is 4.50. The van der Waals surface area contributed by atoms with Gasteiger partial charge in [-0.2, -0.15) is 0 Å². The van der Waals surface area contributed by atoms with Crippen LogP contribution in [0.25, 0.3) is 0 Å². The van der Waals surface area contributed by atoms with Gasteiger partial charge in [-0.15, -0.1) is 0 Å². The SMILES string of the molecule is CCCNC(C)(CO)CC(C)N(CCC)C(C)C. The highest BCUT2D eigenvalue weighted by Gasteiger charge is 2.28. The Morgan fingerprint density at radius 3 is 2.17 bits per heavy atom. The number of rotatable bonds is 10. The Bertz CT molecular complexity index is 209. The molecule has 0 saturated carbocycles. The van der Waals surface area contributed by atoms with Crippen molar-refractivity contribution in [3.05, 3.63) is 0 Å². The topological polar surface area (TPSA) is 35.5 Å². The molecule has 0 aromatic carbocycles. The molecule has 0 saturated heterocycles. The van der Waals surface area contributed by atoms with Crippen LogP contribution in [0.1, 0.15) is 60.8 Å². The van der Waals surface area contributed by atoms with E-state index in [0.29, 0.717) is 12.1 Å². The fraction of sp³-hybridized carbons (Fsp3) is 1.00. The Morgan fingerprint density at radius 1 is 1.17 bits per heavy atom. The summed E-state index contributed by atoms with van der Waals surface area (Å²) >= 11 is 0. The van der Waals surface area contributed by atoms with Crippen LogP contribution in [-0.4, -0.2) is 47.3 Å². The molecule has 0 aromatic rings. The summed E-state index contributed by atoms with van der Waals surface area (Å²) in [5.74, 6) is 0. The molecular weight excluding hydrogens is 224 g/mol. The van der Waals surface area contributed by atoms with Crippen LogP contribution in [0.3, 0.4) is 0 Å². The minimum Gasteiger partial charge on any atom is -0.394 e. The van der Waals surface area contributed by atoms with Gasteiger partial charge in [0.25, 0.3) is 0 Å². The van der Waals surface area contributed by atoms with E-state index in [1.165, 1.54) is 6.42 Å². The summed E-state index contributed by atoms with van der Waals surface area (Å²) in [6.07, 6.45) is 3.27. The molecule has 0 radical (unpaired) electrons. The summed E-state index contributed by atoms with van der Waals surface area (Å²) < 4.78 is 0. The van der Waals surface area contributed by atoms with E-state index in [-0.39, 0.29) is 12.1 Å². The minimum atomic E-state index is -0.156. The maximum Gasteiger partial charge on any atom is 0.0611 e. The van der Waals surface area contributed by atoms with Gasteiger partial charge < -0.3 is 10.4 Å². The highest BCUT2D eigenvalue weighted by atomic mass is 16.3. The largest absolute Gasteiger partial charge is 0.394 e. The van der Waals surface area contributed by atoms with E-state index in [9.17, 15) is 5.11 Å². The van der Waals surface area contributed by atoms with Gasteiger partial charge in [0.1, 0.15) is 0 Å². The second kappa shape index (κ2) is 8.89. The summed E-state index contributed by atoms with van der Waals surface area (Å²) in [4.78, 5) is 2.53. The lowest BCUT2D eigenvalue weighted by atomic mass is 9.93. The molecule has 18 heavy (non-hydrogen) atoms. The van der Waals surface area contributed by atoms with E-state index in [2.05, 4.69) is 51.8 Å². The summed E-state index contributed by atoms with van der Waals surface area (Å²) in [7, 11) is 0. The second-order valence-corrected chi connectivity index (χ2v) is 6.03. The molecule has 2 atom stereocenters. The van der Waals surface area contributed by atoms with Crippen LogP contribution in [0.2, 0.25) is 0 Å². The van der Waals surface area contributed by atoms with E-state index in [1.54, 1.807) is 0 Å². The number of nitrogens with zero attached hydrogens (tertiary/aromatic N) is 1. The standard InChI is InChI=1S/C15H34N2O/c1-7-9-16-15(6,12-18)11-14(5)17(10-8-2)13(3)4/h13-14,16,18H,7-12H2,1-6H3. The fourth-order valence-corrected chi connectivity index (χ4v) is 2.63. The Hall–Kier alpha value is -0.120. The van der Waals surface area contributed by atoms with E-state index >= 15 is 0 Å². The zero-order chi connectivity index (χ0) is 14.2. The van der Waals surface area contributed by atoms with Crippen LogP contribution < -0.4 is 5.32 Å². The van der Waals surface area contributed by atoms with Crippen molar-refractivity contribution in [2.45, 2.75) is 78.4 Å². The molecule has 0 spiro atoms. The second-order valence-electron chi connectivity index (χ2n) is 6.03. The normalized spacial score (nSPS) is 17.2. The lowest BCUT2D eigenvalue weighted by Crippen LogP contribution is -2.52. The third-order valence-electron chi connectivity index (χ3n) is 3.61. The molecule has 0 heterocycles. The van der Waals surface area contributed by atoms with Gasteiger partial charge in [0.15, 0.2) is 0 Å². The van der Waals surface area contributed by atoms with Gasteiger partial charge in [-0.1, -0.05) is 13.8 Å². The molecule has 110 valence electrons. The number of hydrogen-bond donors (Lipinski definition) is 2. The van der Waals surface area contributed by atoms with Crippen LogP contribution in [0.4, 0.5) is 0 Å². The van der Waals surface area contributed by atoms with Crippen molar-refractivity contribution in [2.75, 3.05) is 19.7 Å². The first-order valence-electron chi connectivity index (χ1n) is 7.51. The third-order valence-corrected chi connectivity index (χ3v) is 3.61. The summed E-state index contributed by atoms with van der Waals surface area (Å²) in [6.45, 7) is 15.6. The molecule has 2 unspecified atom stereocenters. The van der Waals surface area contributed by atoms with Crippen LogP contribution >= 0.6 is 0 Å². The molecule has 0 rings (SSSR count). The molecule has 0 bridgehead atoms. The average Bonchev–Trinajstić information content (AvgIpc) is 2.32. The Kier molecular flexibility index (Phi) is 8.83. The number of hydrogen-bond acceptors (Lipinski definition) is 3. The fourth-order valence-electron chi connectivity index (χ4n) is 2.63. The summed E-state index contributed by atoms with van der Waals surface area (Å²) in [5.41, 5.74) is -0.156. The zero-order valence-electron chi connectivity index (χ0n) is 13.3. The van der Waals surface area contributed by atoms with Crippen molar-refractivity contribution in [2.24, 2.45) is 0 Å². The summed E-state index contributed by atoms with van der Waals surface area (Å²) in [6, 6.07) is 1.06. The van der Waals surface area contributed by atoms with E-state index in [1.807, 2.05) is 0 Å². The van der Waals surface area contributed by atoms with Gasteiger partial charge in [0.05, 0.1) is 6.61 Å². The molecule has 3 heteroatoms. The van der Waals surface area contributed by atoms with Crippen LogP contribution in [0.15, 0.2) is 0 Å². The minimum absolute atomic E-state index is 0.156. The Morgan fingerprint density at radius 2 is 1.78 bits per heavy atom. The quantitative estimate of drug-likeness (QED) is 0.632. The van der Waals surface area contributed by atoms with Gasteiger partial charge in [0.2, 0.25) is 0 Å². The highest BCUT2D eigenvalue weighted by molar-refractivity contribution is 4.87. The predicted molar refractivity (Wildman–Crippen MR) is 80.0 cm³/mol. The maximum atomic E-state index is 9.63.